The van der Waals surface area contributed by atoms with Crippen LogP contribution in [0, 0.1) is 0 Å². The largest absolute Gasteiger partial charge is 0.377 e. The summed E-state index contributed by atoms with van der Waals surface area (Å²) < 4.78 is 35.7. The van der Waals surface area contributed by atoms with Gasteiger partial charge in [-0.3, -0.25) is 4.57 Å². The third kappa shape index (κ3) is 4.87. The zero-order chi connectivity index (χ0) is 22.7. The lowest BCUT2D eigenvalue weighted by molar-refractivity contribution is 0.0315. The molecule has 33 heavy (non-hydrogen) atoms. The van der Waals surface area contributed by atoms with Gasteiger partial charge in [0.05, 0.1) is 11.0 Å². The van der Waals surface area contributed by atoms with Crippen LogP contribution in [0.4, 0.5) is 0 Å². The second-order valence-corrected chi connectivity index (χ2v) is 11.3. The number of hydrogen-bond acceptors (Lipinski definition) is 6. The zero-order valence-corrected chi connectivity index (χ0v) is 20.1. The second-order valence-electron chi connectivity index (χ2n) is 8.42. The van der Waals surface area contributed by atoms with Gasteiger partial charge >= 0.3 is 0 Å². The van der Waals surface area contributed by atoms with Crippen LogP contribution in [0.3, 0.4) is 0 Å². The molecule has 0 amide bonds. The zero-order valence-electron chi connectivity index (χ0n) is 18.5. The van der Waals surface area contributed by atoms with E-state index in [-0.39, 0.29) is 6.10 Å². The number of nitrogens with zero attached hydrogens (tertiary/aromatic N) is 4. The van der Waals surface area contributed by atoms with Gasteiger partial charge in [-0.25, -0.2) is 8.42 Å². The van der Waals surface area contributed by atoms with Crippen molar-refractivity contribution in [3.63, 3.8) is 0 Å². The first-order valence-electron chi connectivity index (χ1n) is 11.5. The predicted molar refractivity (Wildman–Crippen MR) is 129 cm³/mol. The summed E-state index contributed by atoms with van der Waals surface area (Å²) in [6.07, 6.45) is 5.43. The summed E-state index contributed by atoms with van der Waals surface area (Å²) in [7, 11) is -3.51. The van der Waals surface area contributed by atoms with Gasteiger partial charge in [0.15, 0.2) is 11.0 Å². The minimum absolute atomic E-state index is 0.224. The highest BCUT2D eigenvalue weighted by atomic mass is 32.2. The number of aromatic nitrogens is 3. The summed E-state index contributed by atoms with van der Waals surface area (Å²) >= 11 is 1.63. The summed E-state index contributed by atoms with van der Waals surface area (Å²) in [6.45, 7) is 1.98. The molecule has 0 spiro atoms. The summed E-state index contributed by atoms with van der Waals surface area (Å²) in [5.74, 6) is 1.45. The van der Waals surface area contributed by atoms with Crippen molar-refractivity contribution in [1.82, 2.24) is 19.1 Å². The fourth-order valence-corrected chi connectivity index (χ4v) is 6.92. The van der Waals surface area contributed by atoms with E-state index in [1.165, 1.54) is 6.42 Å². The third-order valence-electron chi connectivity index (χ3n) is 6.12. The van der Waals surface area contributed by atoms with Crippen LogP contribution < -0.4 is 0 Å². The number of ether oxygens (including phenoxy) is 1. The number of hydrogen-bond donors (Lipinski definition) is 0. The van der Waals surface area contributed by atoms with Gasteiger partial charge in [-0.15, -0.1) is 10.2 Å². The van der Waals surface area contributed by atoms with Crippen LogP contribution in [-0.2, 0) is 14.8 Å². The van der Waals surface area contributed by atoms with Gasteiger partial charge in [-0.05, 0) is 56.4 Å². The van der Waals surface area contributed by atoms with Gasteiger partial charge in [-0.2, -0.15) is 4.31 Å². The summed E-state index contributed by atoms with van der Waals surface area (Å²) in [5.41, 5.74) is 1.67. The normalized spacial score (nSPS) is 19.7. The molecule has 3 heterocycles. The molecule has 7 nitrogen and oxygen atoms in total. The van der Waals surface area contributed by atoms with Crippen molar-refractivity contribution in [2.45, 2.75) is 48.3 Å². The summed E-state index contributed by atoms with van der Waals surface area (Å²) in [6, 6.07) is 17.0. The topological polar surface area (TPSA) is 77.3 Å². The van der Waals surface area contributed by atoms with E-state index in [0.717, 1.165) is 54.5 Å². The Morgan fingerprint density at radius 1 is 0.970 bits per heavy atom. The minimum Gasteiger partial charge on any atom is -0.377 e. The highest BCUT2D eigenvalue weighted by molar-refractivity contribution is 7.99. The Hall–Kier alpha value is -2.20. The molecule has 0 aliphatic carbocycles. The molecule has 2 aromatic carbocycles. The number of sulfonamides is 1. The Bertz CT molecular complexity index is 1190. The molecule has 5 rings (SSSR count). The molecule has 9 heteroatoms. The fraction of sp³-hybridized carbons (Fsp3) is 0.417. The molecule has 0 unspecified atom stereocenters. The van der Waals surface area contributed by atoms with E-state index in [1.807, 2.05) is 41.0 Å². The van der Waals surface area contributed by atoms with Crippen LogP contribution in [0.15, 0.2) is 64.6 Å². The highest BCUT2D eigenvalue weighted by Crippen LogP contribution is 2.31. The maximum atomic E-state index is 13.1. The van der Waals surface area contributed by atoms with Gasteiger partial charge in [0.2, 0.25) is 10.0 Å². The fourth-order valence-electron chi connectivity index (χ4n) is 4.34. The Balaban J connectivity index is 1.49. The molecule has 0 saturated carbocycles. The Morgan fingerprint density at radius 2 is 1.79 bits per heavy atom. The van der Waals surface area contributed by atoms with E-state index in [1.54, 1.807) is 34.3 Å². The standard InChI is InChI=1S/C24H28N4O3S2/c29-33(30,27-14-5-6-15-27)22-13-8-9-19(17-22)23-25-26-24(28(23)20-10-2-1-3-11-20)32-18-21-12-4-7-16-31-21/h1-3,8-11,13,17,21H,4-7,12,14-16,18H2/t21-/m0/s1. The van der Waals surface area contributed by atoms with Crippen LogP contribution in [-0.4, -0.2) is 59.0 Å². The molecule has 2 aliphatic rings. The first kappa shape index (κ1) is 22.6. The molecule has 0 N–H and O–H groups in total. The molecule has 2 fully saturated rings. The SMILES string of the molecule is O=S(=O)(c1cccc(-c2nnc(SC[C@@H]3CCCCO3)n2-c2ccccc2)c1)N1CCCC1. The molecular formula is C24H28N4O3S2. The van der Waals surface area contributed by atoms with Crippen LogP contribution in [0.25, 0.3) is 17.1 Å². The van der Waals surface area contributed by atoms with Crippen molar-refractivity contribution >= 4 is 21.8 Å². The maximum absolute atomic E-state index is 13.1. The lowest BCUT2D eigenvalue weighted by Gasteiger charge is -2.22. The van der Waals surface area contributed by atoms with Crippen molar-refractivity contribution in [2.24, 2.45) is 0 Å². The number of thioether (sulfide) groups is 1. The van der Waals surface area contributed by atoms with Gasteiger partial charge in [0.1, 0.15) is 0 Å². The van der Waals surface area contributed by atoms with Crippen LogP contribution in [0.1, 0.15) is 32.1 Å². The molecule has 0 radical (unpaired) electrons. The van der Waals surface area contributed by atoms with E-state index in [9.17, 15) is 8.42 Å². The van der Waals surface area contributed by atoms with Crippen molar-refractivity contribution < 1.29 is 13.2 Å². The molecule has 1 atom stereocenters. The first-order chi connectivity index (χ1) is 16.1. The van der Waals surface area contributed by atoms with E-state index >= 15 is 0 Å². The highest BCUT2D eigenvalue weighted by Gasteiger charge is 2.28. The molecule has 3 aromatic rings. The van der Waals surface area contributed by atoms with Crippen molar-refractivity contribution in [3.05, 3.63) is 54.6 Å². The smallest absolute Gasteiger partial charge is 0.243 e. The van der Waals surface area contributed by atoms with Crippen LogP contribution in [0.5, 0.6) is 0 Å². The average molecular weight is 485 g/mol. The Morgan fingerprint density at radius 3 is 2.55 bits per heavy atom. The van der Waals surface area contributed by atoms with Crippen molar-refractivity contribution in [3.8, 4) is 17.1 Å². The van der Waals surface area contributed by atoms with Crippen molar-refractivity contribution in [1.29, 1.82) is 0 Å². The predicted octanol–water partition coefficient (Wildman–Crippen LogP) is 4.38. The maximum Gasteiger partial charge on any atom is 0.243 e. The minimum atomic E-state index is -3.51. The molecule has 2 aliphatic heterocycles. The van der Waals surface area contributed by atoms with Crippen LogP contribution >= 0.6 is 11.8 Å². The summed E-state index contributed by atoms with van der Waals surface area (Å²) in [5, 5.41) is 9.75. The lowest BCUT2D eigenvalue weighted by Crippen LogP contribution is -2.27. The Kier molecular flexibility index (Phi) is 6.82. The van der Waals surface area contributed by atoms with Crippen LogP contribution in [0.2, 0.25) is 0 Å². The van der Waals surface area contributed by atoms with E-state index in [2.05, 4.69) is 10.2 Å². The quantitative estimate of drug-likeness (QED) is 0.463. The van der Waals surface area contributed by atoms with Gasteiger partial charge in [0, 0.05) is 36.7 Å². The molecule has 1 aromatic heterocycles. The molecular weight excluding hydrogens is 456 g/mol. The van der Waals surface area contributed by atoms with E-state index < -0.39 is 10.0 Å². The van der Waals surface area contributed by atoms with Crippen molar-refractivity contribution in [2.75, 3.05) is 25.4 Å². The Labute approximate surface area is 199 Å². The first-order valence-corrected chi connectivity index (χ1v) is 13.9. The average Bonchev–Trinajstić information content (AvgIpc) is 3.55. The van der Waals surface area contributed by atoms with E-state index in [0.29, 0.717) is 23.8 Å². The lowest BCUT2D eigenvalue weighted by atomic mass is 10.1. The number of para-hydroxylation sites is 1. The number of rotatable bonds is 7. The number of benzene rings is 2. The molecule has 0 bridgehead atoms. The van der Waals surface area contributed by atoms with E-state index in [4.69, 9.17) is 4.74 Å². The van der Waals surface area contributed by atoms with Gasteiger partial charge < -0.3 is 4.74 Å². The van der Waals surface area contributed by atoms with Gasteiger partial charge in [-0.1, -0.05) is 42.1 Å². The van der Waals surface area contributed by atoms with Gasteiger partial charge in [0.25, 0.3) is 0 Å². The summed E-state index contributed by atoms with van der Waals surface area (Å²) in [4.78, 5) is 0.300. The monoisotopic (exact) mass is 484 g/mol. The third-order valence-corrected chi connectivity index (χ3v) is 9.07. The molecule has 2 saturated heterocycles. The second kappa shape index (κ2) is 9.97. The molecule has 174 valence electrons.